The predicted octanol–water partition coefficient (Wildman–Crippen LogP) is 13.0. The van der Waals surface area contributed by atoms with Crippen molar-refractivity contribution < 1.29 is 0 Å². The van der Waals surface area contributed by atoms with Gasteiger partial charge in [-0.2, -0.15) is 0 Å². The highest BCUT2D eigenvalue weighted by atomic mass is 14.2. The van der Waals surface area contributed by atoms with Crippen LogP contribution in [0.2, 0.25) is 0 Å². The van der Waals surface area contributed by atoms with E-state index < -0.39 is 0 Å². The average molecular weight is 583 g/mol. The summed E-state index contributed by atoms with van der Waals surface area (Å²) in [6.07, 6.45) is 0. The van der Waals surface area contributed by atoms with Crippen molar-refractivity contribution in [1.29, 1.82) is 0 Å². The third-order valence-electron chi connectivity index (χ3n) is 9.41. The van der Waals surface area contributed by atoms with Gasteiger partial charge in [0.1, 0.15) is 0 Å². The van der Waals surface area contributed by atoms with Crippen LogP contribution in [0.25, 0.3) is 87.6 Å². The summed E-state index contributed by atoms with van der Waals surface area (Å²) in [5.74, 6) is 0. The van der Waals surface area contributed by atoms with E-state index in [0.717, 1.165) is 0 Å². The van der Waals surface area contributed by atoms with E-state index in [1.165, 1.54) is 87.6 Å². The highest BCUT2D eigenvalue weighted by Gasteiger charge is 2.21. The average Bonchev–Trinajstić information content (AvgIpc) is 3.13. The smallest absolute Gasteiger partial charge is 0.00141 e. The maximum atomic E-state index is 2.42. The Hall–Kier alpha value is -5.98. The maximum absolute atomic E-state index is 2.42. The lowest BCUT2D eigenvalue weighted by atomic mass is 9.81. The van der Waals surface area contributed by atoms with Gasteiger partial charge in [0.05, 0.1) is 0 Å². The first-order valence-electron chi connectivity index (χ1n) is 15.9. The van der Waals surface area contributed by atoms with Crippen LogP contribution in [0, 0.1) is 0 Å². The second-order valence-corrected chi connectivity index (χ2v) is 12.1. The molecule has 0 heterocycles. The van der Waals surface area contributed by atoms with E-state index in [2.05, 4.69) is 182 Å². The van der Waals surface area contributed by atoms with Crippen LogP contribution in [0.4, 0.5) is 0 Å². The Balaban J connectivity index is 1.49. The van der Waals surface area contributed by atoms with Gasteiger partial charge < -0.3 is 0 Å². The standard InChI is InChI=1S/C46H30/c1-3-12-31(13-4-1)37-26-27-41-43(30-37)45(39-25-23-33-15-8-10-19-36(33)29-39)46-40(34-16-5-2-6-17-34)20-11-21-42(46)44(41)38-24-22-32-14-7-9-18-35(32)28-38/h1-30H. The number of hydrogen-bond acceptors (Lipinski definition) is 0. The van der Waals surface area contributed by atoms with Gasteiger partial charge in [0.25, 0.3) is 0 Å². The molecule has 0 N–H and O–H groups in total. The Morgan fingerprint density at radius 3 is 1.43 bits per heavy atom. The molecular weight excluding hydrogens is 553 g/mol. The topological polar surface area (TPSA) is 0 Å². The van der Waals surface area contributed by atoms with Gasteiger partial charge >= 0.3 is 0 Å². The molecule has 0 radical (unpaired) electrons. The molecule has 0 amide bonds. The molecule has 0 aromatic heterocycles. The fraction of sp³-hybridized carbons (Fsp3) is 0. The van der Waals surface area contributed by atoms with E-state index >= 15 is 0 Å². The van der Waals surface area contributed by atoms with Crippen LogP contribution < -0.4 is 0 Å². The lowest BCUT2D eigenvalue weighted by Crippen LogP contribution is -1.94. The van der Waals surface area contributed by atoms with Gasteiger partial charge in [-0.25, -0.2) is 0 Å². The first-order valence-corrected chi connectivity index (χ1v) is 15.9. The van der Waals surface area contributed by atoms with Crippen molar-refractivity contribution in [2.75, 3.05) is 0 Å². The van der Waals surface area contributed by atoms with Crippen molar-refractivity contribution in [2.45, 2.75) is 0 Å². The molecule has 0 bridgehead atoms. The third-order valence-corrected chi connectivity index (χ3v) is 9.41. The molecule has 0 atom stereocenters. The zero-order valence-electron chi connectivity index (χ0n) is 25.3. The van der Waals surface area contributed by atoms with E-state index in [1.54, 1.807) is 0 Å². The number of hydrogen-bond donors (Lipinski definition) is 0. The molecular formula is C46H30. The summed E-state index contributed by atoms with van der Waals surface area (Å²) in [5.41, 5.74) is 9.92. The van der Waals surface area contributed by atoms with Gasteiger partial charge in [-0.3, -0.25) is 0 Å². The second kappa shape index (κ2) is 10.9. The molecule has 214 valence electrons. The summed E-state index contributed by atoms with van der Waals surface area (Å²) in [7, 11) is 0. The Labute approximate surface area is 268 Å². The Morgan fingerprint density at radius 2 is 0.783 bits per heavy atom. The fourth-order valence-corrected chi connectivity index (χ4v) is 7.25. The van der Waals surface area contributed by atoms with Crippen LogP contribution >= 0.6 is 0 Å². The minimum atomic E-state index is 1.22. The largest absolute Gasteiger partial charge is 0.0622 e. The normalized spacial score (nSPS) is 11.5. The fourth-order valence-electron chi connectivity index (χ4n) is 7.25. The molecule has 0 nitrogen and oxygen atoms in total. The van der Waals surface area contributed by atoms with Crippen molar-refractivity contribution in [1.82, 2.24) is 0 Å². The first kappa shape index (κ1) is 26.4. The third kappa shape index (κ3) is 4.38. The number of fused-ring (bicyclic) bond motifs is 4. The summed E-state index contributed by atoms with van der Waals surface area (Å²) in [6.45, 7) is 0. The van der Waals surface area contributed by atoms with Crippen molar-refractivity contribution in [2.24, 2.45) is 0 Å². The monoisotopic (exact) mass is 582 g/mol. The van der Waals surface area contributed by atoms with Gasteiger partial charge in [-0.1, -0.05) is 164 Å². The molecule has 9 aromatic rings. The quantitative estimate of drug-likeness (QED) is 0.181. The van der Waals surface area contributed by atoms with Crippen LogP contribution in [0.15, 0.2) is 182 Å². The lowest BCUT2D eigenvalue weighted by molar-refractivity contribution is 1.63. The van der Waals surface area contributed by atoms with Gasteiger partial charge in [-0.05, 0) is 106 Å². The Kier molecular flexibility index (Phi) is 6.25. The van der Waals surface area contributed by atoms with Gasteiger partial charge in [0.15, 0.2) is 0 Å². The molecule has 0 unspecified atom stereocenters. The molecule has 0 spiro atoms. The van der Waals surface area contributed by atoms with Crippen molar-refractivity contribution in [3.63, 3.8) is 0 Å². The summed E-state index contributed by atoms with van der Waals surface area (Å²) in [5, 5.41) is 10.1. The first-order chi connectivity index (χ1) is 22.8. The molecule has 46 heavy (non-hydrogen) atoms. The van der Waals surface area contributed by atoms with Crippen LogP contribution in [0.3, 0.4) is 0 Å². The van der Waals surface area contributed by atoms with Crippen molar-refractivity contribution in [3.8, 4) is 44.5 Å². The van der Waals surface area contributed by atoms with E-state index in [9.17, 15) is 0 Å². The van der Waals surface area contributed by atoms with Crippen molar-refractivity contribution in [3.05, 3.63) is 182 Å². The summed E-state index contributed by atoms with van der Waals surface area (Å²) in [4.78, 5) is 0. The molecule has 0 aliphatic heterocycles. The van der Waals surface area contributed by atoms with Crippen LogP contribution in [0.1, 0.15) is 0 Å². The van der Waals surface area contributed by atoms with Crippen LogP contribution in [-0.4, -0.2) is 0 Å². The SMILES string of the molecule is c1ccc(-c2ccc3c(-c4ccc5ccccc5c4)c4cccc(-c5ccccc5)c4c(-c4ccc5ccccc5c4)c3c2)cc1. The Morgan fingerprint density at radius 1 is 0.239 bits per heavy atom. The highest BCUT2D eigenvalue weighted by Crippen LogP contribution is 2.48. The summed E-state index contributed by atoms with van der Waals surface area (Å²) < 4.78 is 0. The van der Waals surface area contributed by atoms with E-state index in [-0.39, 0.29) is 0 Å². The molecule has 9 aromatic carbocycles. The zero-order chi connectivity index (χ0) is 30.5. The van der Waals surface area contributed by atoms with E-state index in [0.29, 0.717) is 0 Å². The molecule has 0 heteroatoms. The molecule has 0 aliphatic rings. The molecule has 0 saturated carbocycles. The zero-order valence-corrected chi connectivity index (χ0v) is 25.3. The van der Waals surface area contributed by atoms with Crippen LogP contribution in [-0.2, 0) is 0 Å². The van der Waals surface area contributed by atoms with Gasteiger partial charge in [-0.15, -0.1) is 0 Å². The van der Waals surface area contributed by atoms with Crippen molar-refractivity contribution >= 4 is 43.1 Å². The molecule has 9 rings (SSSR count). The summed E-state index contributed by atoms with van der Waals surface area (Å²) in [6, 6.07) is 66.7. The Bertz CT molecular complexity index is 2560. The second-order valence-electron chi connectivity index (χ2n) is 12.1. The van der Waals surface area contributed by atoms with E-state index in [4.69, 9.17) is 0 Å². The molecule has 0 aliphatic carbocycles. The van der Waals surface area contributed by atoms with Gasteiger partial charge in [0, 0.05) is 0 Å². The van der Waals surface area contributed by atoms with Gasteiger partial charge in [0.2, 0.25) is 0 Å². The molecule has 0 fully saturated rings. The predicted molar refractivity (Wildman–Crippen MR) is 198 cm³/mol. The lowest BCUT2D eigenvalue weighted by Gasteiger charge is -2.21. The number of rotatable bonds is 4. The minimum absolute atomic E-state index is 1.22. The van der Waals surface area contributed by atoms with E-state index in [1.807, 2.05) is 0 Å². The van der Waals surface area contributed by atoms with Crippen LogP contribution in [0.5, 0.6) is 0 Å². The number of benzene rings is 9. The summed E-state index contributed by atoms with van der Waals surface area (Å²) >= 11 is 0. The minimum Gasteiger partial charge on any atom is -0.0622 e. The molecule has 0 saturated heterocycles. The maximum Gasteiger partial charge on any atom is -0.00141 e. The highest BCUT2D eigenvalue weighted by molar-refractivity contribution is 6.25.